The average Bonchev–Trinajstić information content (AvgIpc) is 2.65. The zero-order valence-electron chi connectivity index (χ0n) is 10.5. The fourth-order valence-electron chi connectivity index (χ4n) is 1.75. The van der Waals surface area contributed by atoms with Gasteiger partial charge in [-0.3, -0.25) is 0 Å². The van der Waals surface area contributed by atoms with Crippen LogP contribution in [-0.2, 0) is 6.54 Å². The second-order valence-corrected chi connectivity index (χ2v) is 6.88. The standard InChI is InChI=1S/C12H19Br2NOS/c1-4-12(5-2,17-3)8-15-7-9-6-10(13)11(14)16-9/h6,15H,4-5,7-8H2,1-3H3. The maximum absolute atomic E-state index is 5.53. The summed E-state index contributed by atoms with van der Waals surface area (Å²) in [6.45, 7) is 6.28. The van der Waals surface area contributed by atoms with Crippen molar-refractivity contribution in [3.63, 3.8) is 0 Å². The Morgan fingerprint density at radius 2 is 2.00 bits per heavy atom. The van der Waals surface area contributed by atoms with E-state index in [2.05, 4.69) is 57.3 Å². The van der Waals surface area contributed by atoms with Crippen molar-refractivity contribution in [2.75, 3.05) is 12.8 Å². The monoisotopic (exact) mass is 383 g/mol. The number of thioether (sulfide) groups is 1. The molecule has 0 bridgehead atoms. The Kier molecular flexibility index (Phi) is 6.62. The second-order valence-electron chi connectivity index (χ2n) is 4.03. The van der Waals surface area contributed by atoms with Crippen LogP contribution in [0, 0.1) is 0 Å². The van der Waals surface area contributed by atoms with Crippen LogP contribution in [0.5, 0.6) is 0 Å². The number of halogens is 2. The summed E-state index contributed by atoms with van der Waals surface area (Å²) in [6.07, 6.45) is 4.56. The lowest BCUT2D eigenvalue weighted by atomic mass is 10.0. The number of hydrogen-bond donors (Lipinski definition) is 1. The summed E-state index contributed by atoms with van der Waals surface area (Å²) >= 11 is 8.71. The van der Waals surface area contributed by atoms with Crippen molar-refractivity contribution in [2.24, 2.45) is 0 Å². The van der Waals surface area contributed by atoms with Crippen molar-refractivity contribution >= 4 is 43.6 Å². The minimum absolute atomic E-state index is 0.348. The van der Waals surface area contributed by atoms with Gasteiger partial charge in [0.2, 0.25) is 0 Å². The molecule has 0 spiro atoms. The molecular weight excluding hydrogens is 366 g/mol. The minimum Gasteiger partial charge on any atom is -0.452 e. The Hall–Kier alpha value is 0.550. The van der Waals surface area contributed by atoms with Gasteiger partial charge in [0.15, 0.2) is 4.67 Å². The maximum atomic E-state index is 5.53. The van der Waals surface area contributed by atoms with Gasteiger partial charge in [0.1, 0.15) is 5.76 Å². The molecule has 0 aromatic carbocycles. The lowest BCUT2D eigenvalue weighted by Crippen LogP contribution is -2.36. The predicted molar refractivity (Wildman–Crippen MR) is 82.6 cm³/mol. The molecule has 5 heteroatoms. The Bertz CT molecular complexity index is 323. The molecule has 0 aliphatic carbocycles. The van der Waals surface area contributed by atoms with Gasteiger partial charge >= 0.3 is 0 Å². The van der Waals surface area contributed by atoms with Crippen LogP contribution >= 0.6 is 43.6 Å². The van der Waals surface area contributed by atoms with Crippen LogP contribution in [0.1, 0.15) is 32.4 Å². The van der Waals surface area contributed by atoms with Crippen LogP contribution in [0.4, 0.5) is 0 Å². The molecule has 0 radical (unpaired) electrons. The molecule has 1 N–H and O–H groups in total. The van der Waals surface area contributed by atoms with E-state index in [0.717, 1.165) is 28.0 Å². The molecular formula is C12H19Br2NOS. The van der Waals surface area contributed by atoms with Crippen LogP contribution in [0.25, 0.3) is 0 Å². The van der Waals surface area contributed by atoms with E-state index in [-0.39, 0.29) is 0 Å². The Morgan fingerprint density at radius 1 is 1.35 bits per heavy atom. The molecule has 1 aromatic rings. The first-order valence-electron chi connectivity index (χ1n) is 5.76. The predicted octanol–water partition coefficient (Wildman–Crippen LogP) is 4.82. The lowest BCUT2D eigenvalue weighted by Gasteiger charge is -2.29. The van der Waals surface area contributed by atoms with E-state index in [0.29, 0.717) is 4.75 Å². The van der Waals surface area contributed by atoms with Gasteiger partial charge in [-0.2, -0.15) is 11.8 Å². The summed E-state index contributed by atoms with van der Waals surface area (Å²) in [5, 5.41) is 3.48. The highest BCUT2D eigenvalue weighted by atomic mass is 79.9. The quantitative estimate of drug-likeness (QED) is 0.729. The fraction of sp³-hybridized carbons (Fsp3) is 0.667. The highest BCUT2D eigenvalue weighted by molar-refractivity contribution is 9.13. The van der Waals surface area contributed by atoms with Gasteiger partial charge in [-0.25, -0.2) is 0 Å². The van der Waals surface area contributed by atoms with Gasteiger partial charge < -0.3 is 9.73 Å². The summed E-state index contributed by atoms with van der Waals surface area (Å²) in [6, 6.07) is 2.00. The number of hydrogen-bond acceptors (Lipinski definition) is 3. The third kappa shape index (κ3) is 4.30. The van der Waals surface area contributed by atoms with Crippen molar-refractivity contribution in [2.45, 2.75) is 38.0 Å². The van der Waals surface area contributed by atoms with E-state index in [1.165, 1.54) is 12.8 Å². The molecule has 0 aliphatic rings. The van der Waals surface area contributed by atoms with Crippen molar-refractivity contribution in [3.8, 4) is 0 Å². The number of nitrogens with one attached hydrogen (secondary N) is 1. The molecule has 0 saturated heterocycles. The number of rotatable bonds is 7. The molecule has 0 aliphatic heterocycles. The smallest absolute Gasteiger partial charge is 0.183 e. The molecule has 0 atom stereocenters. The SMILES string of the molecule is CCC(CC)(CNCc1cc(Br)c(Br)o1)SC. The van der Waals surface area contributed by atoms with Crippen LogP contribution in [0.3, 0.4) is 0 Å². The van der Waals surface area contributed by atoms with E-state index in [1.807, 2.05) is 17.8 Å². The van der Waals surface area contributed by atoms with Crippen LogP contribution in [-0.4, -0.2) is 17.5 Å². The lowest BCUT2D eigenvalue weighted by molar-refractivity contribution is 0.438. The molecule has 0 amide bonds. The molecule has 0 saturated carbocycles. The Balaban J connectivity index is 2.46. The van der Waals surface area contributed by atoms with Crippen LogP contribution < -0.4 is 5.32 Å². The fourth-order valence-corrected chi connectivity index (χ4v) is 3.24. The molecule has 1 rings (SSSR count). The highest BCUT2D eigenvalue weighted by Gasteiger charge is 2.24. The zero-order chi connectivity index (χ0) is 12.9. The van der Waals surface area contributed by atoms with Gasteiger partial charge in [-0.1, -0.05) is 13.8 Å². The normalized spacial score (nSPS) is 12.1. The van der Waals surface area contributed by atoms with Crippen molar-refractivity contribution < 1.29 is 4.42 Å². The second kappa shape index (κ2) is 7.22. The van der Waals surface area contributed by atoms with Gasteiger partial charge in [-0.05, 0) is 57.0 Å². The first-order valence-corrected chi connectivity index (χ1v) is 8.57. The van der Waals surface area contributed by atoms with Gasteiger partial charge in [-0.15, -0.1) is 0 Å². The summed E-state index contributed by atoms with van der Waals surface area (Å²) in [4.78, 5) is 0. The van der Waals surface area contributed by atoms with Gasteiger partial charge in [0, 0.05) is 11.3 Å². The third-order valence-corrected chi connectivity index (χ3v) is 6.46. The molecule has 1 aromatic heterocycles. The summed E-state index contributed by atoms with van der Waals surface area (Å²) in [5.74, 6) is 0.950. The van der Waals surface area contributed by atoms with Crippen molar-refractivity contribution in [1.29, 1.82) is 0 Å². The first-order chi connectivity index (χ1) is 8.06. The summed E-state index contributed by atoms with van der Waals surface area (Å²) in [7, 11) is 0. The van der Waals surface area contributed by atoms with Gasteiger partial charge in [0.05, 0.1) is 11.0 Å². The average molecular weight is 385 g/mol. The molecule has 0 fully saturated rings. The van der Waals surface area contributed by atoms with Crippen molar-refractivity contribution in [1.82, 2.24) is 5.32 Å². The topological polar surface area (TPSA) is 25.2 Å². The van der Waals surface area contributed by atoms with E-state index < -0.39 is 0 Å². The highest BCUT2D eigenvalue weighted by Crippen LogP contribution is 2.30. The maximum Gasteiger partial charge on any atom is 0.183 e. The molecule has 98 valence electrons. The Labute approximate surface area is 125 Å². The van der Waals surface area contributed by atoms with E-state index in [9.17, 15) is 0 Å². The van der Waals surface area contributed by atoms with Crippen molar-refractivity contribution in [3.05, 3.63) is 21.0 Å². The molecule has 0 unspecified atom stereocenters. The summed E-state index contributed by atoms with van der Waals surface area (Å²) < 4.78 is 7.61. The molecule has 2 nitrogen and oxygen atoms in total. The summed E-state index contributed by atoms with van der Waals surface area (Å²) in [5.41, 5.74) is 0. The van der Waals surface area contributed by atoms with Crippen LogP contribution in [0.2, 0.25) is 0 Å². The largest absolute Gasteiger partial charge is 0.452 e. The molecule has 1 heterocycles. The molecule has 17 heavy (non-hydrogen) atoms. The zero-order valence-corrected chi connectivity index (χ0v) is 14.5. The van der Waals surface area contributed by atoms with E-state index in [1.54, 1.807) is 0 Å². The third-order valence-electron chi connectivity index (χ3n) is 3.16. The first kappa shape index (κ1) is 15.6. The van der Waals surface area contributed by atoms with E-state index >= 15 is 0 Å². The van der Waals surface area contributed by atoms with Crippen LogP contribution in [0.15, 0.2) is 19.6 Å². The minimum atomic E-state index is 0.348. The Morgan fingerprint density at radius 3 is 2.41 bits per heavy atom. The number of furan rings is 1. The van der Waals surface area contributed by atoms with Gasteiger partial charge in [0.25, 0.3) is 0 Å². The van der Waals surface area contributed by atoms with E-state index in [4.69, 9.17) is 4.42 Å².